The summed E-state index contributed by atoms with van der Waals surface area (Å²) in [7, 11) is 1.79. The Morgan fingerprint density at radius 1 is 0.505 bits per heavy atom. The number of aliphatic hydroxyl groups is 3. The van der Waals surface area contributed by atoms with Gasteiger partial charge in [-0.15, -0.1) is 0 Å². The van der Waals surface area contributed by atoms with Crippen molar-refractivity contribution in [1.82, 2.24) is 80.3 Å². The SMILES string of the molecule is CCNC(=O)Nc1nc2cc(-c3ccc(C(O)c4nc(CCNC(=O)Nc5nc6cc(-c7cnc([C@@H](O)CCCNC(=O)Nc8nc9cc(-c%10cnc([C@@H](C)O)nc%10)cc(-c%10ccccn%10)c9s8)nc7)cc(-c7ccccn7)c6s5)cn4C)nc3)cc(-c3ccccn3)c2s1. The zero-order valence-corrected chi connectivity index (χ0v) is 53.5. The van der Waals surface area contributed by atoms with Crippen LogP contribution in [0.15, 0.2) is 159 Å². The molecule has 0 aliphatic heterocycles. The van der Waals surface area contributed by atoms with Gasteiger partial charge in [0.25, 0.3) is 0 Å². The Morgan fingerprint density at radius 3 is 1.40 bits per heavy atom. The lowest BCUT2D eigenvalue weighted by Crippen LogP contribution is -2.30. The minimum atomic E-state index is -1.15. The van der Waals surface area contributed by atoms with Crippen molar-refractivity contribution in [3.05, 3.63) is 188 Å². The molecule has 13 aromatic rings. The first-order chi connectivity index (χ1) is 46.3. The van der Waals surface area contributed by atoms with Crippen LogP contribution in [0.4, 0.5) is 29.8 Å². The predicted molar refractivity (Wildman–Crippen MR) is 366 cm³/mol. The van der Waals surface area contributed by atoms with E-state index in [9.17, 15) is 29.7 Å². The van der Waals surface area contributed by atoms with E-state index in [4.69, 9.17) is 19.9 Å². The number of aliphatic hydroxyl groups excluding tert-OH is 3. The second kappa shape index (κ2) is 28.1. The number of thiazole rings is 3. The minimum absolute atomic E-state index is 0.226. The normalized spacial score (nSPS) is 12.4. The zero-order chi connectivity index (χ0) is 65.5. The number of pyridine rings is 4. The van der Waals surface area contributed by atoms with E-state index in [2.05, 4.69) is 71.8 Å². The van der Waals surface area contributed by atoms with E-state index < -0.39 is 30.4 Å². The van der Waals surface area contributed by atoms with Crippen LogP contribution in [0.1, 0.15) is 73.9 Å². The summed E-state index contributed by atoms with van der Waals surface area (Å²) in [5, 5.41) is 50.9. The fourth-order valence-electron chi connectivity index (χ4n) is 10.6. The highest BCUT2D eigenvalue weighted by atomic mass is 32.1. The van der Waals surface area contributed by atoms with Crippen molar-refractivity contribution in [3.8, 4) is 67.2 Å². The average Bonchev–Trinajstić information content (AvgIpc) is 1.75. The Balaban J connectivity index is 0.612. The lowest BCUT2D eigenvalue weighted by molar-refractivity contribution is 0.154. The van der Waals surface area contributed by atoms with Gasteiger partial charge in [0.05, 0.1) is 59.1 Å². The van der Waals surface area contributed by atoms with Crippen molar-refractivity contribution in [1.29, 1.82) is 0 Å². The van der Waals surface area contributed by atoms with Gasteiger partial charge in [0.15, 0.2) is 33.1 Å². The monoisotopic (exact) mass is 1320 g/mol. The number of imidazole rings is 1. The first kappa shape index (κ1) is 62.8. The number of hydrogen-bond acceptors (Lipinski definition) is 21. The predicted octanol–water partition coefficient (Wildman–Crippen LogP) is 11.7. The molecule has 0 aliphatic carbocycles. The highest BCUT2D eigenvalue weighted by Crippen LogP contribution is 2.42. The van der Waals surface area contributed by atoms with Crippen LogP contribution in [0.25, 0.3) is 97.8 Å². The standard InChI is InChI=1S/C67H59N19O6S3/c1-4-68-62(90)83-65-80-51-27-38(24-44(56(51)93-65)47-12-5-8-19-69-47)37-16-17-50(74-30-37)55(89)61-79-43(35-86(61)3)18-23-73-64(92)85-67-82-53-29-40(26-46(58(53)95-67)49-14-7-10-21-71-49)42-33-77-60(78-34-42)54(88)15-11-22-72-63(91)84-66-81-52-28-39(41-31-75-59(36(2)87)76-32-41)25-45(57(52)94-66)48-13-6-9-20-70-48/h5-10,12-14,16-17,19-21,24-36,54-55,87-89H,4,11,15,18,22-23H2,1-3H3,(H2,68,80,83,90)(H2,72,81,84,91)(H2,73,82,85,92)/t36-,54+,55?/m1/s1. The molecule has 6 amide bonds. The number of rotatable bonds is 21. The van der Waals surface area contributed by atoms with Crippen LogP contribution in [-0.2, 0) is 13.5 Å². The zero-order valence-electron chi connectivity index (χ0n) is 51.1. The number of amides is 6. The van der Waals surface area contributed by atoms with Crippen molar-refractivity contribution in [2.24, 2.45) is 7.05 Å². The lowest BCUT2D eigenvalue weighted by atomic mass is 10.0. The van der Waals surface area contributed by atoms with Crippen LogP contribution in [0.2, 0.25) is 0 Å². The number of anilines is 3. The average molecular weight is 1320 g/mol. The molecule has 10 aromatic heterocycles. The summed E-state index contributed by atoms with van der Waals surface area (Å²) in [4.78, 5) is 94.0. The molecule has 3 atom stereocenters. The largest absolute Gasteiger partial charge is 0.385 e. The van der Waals surface area contributed by atoms with Gasteiger partial charge in [0.1, 0.15) is 18.0 Å². The molecule has 476 valence electrons. The first-order valence-electron chi connectivity index (χ1n) is 30.2. The number of aryl methyl sites for hydroxylation is 1. The van der Waals surface area contributed by atoms with Crippen LogP contribution >= 0.6 is 34.0 Å². The number of fused-ring (bicyclic) bond motifs is 3. The molecule has 0 saturated heterocycles. The molecule has 0 fully saturated rings. The number of nitrogens with one attached hydrogen (secondary N) is 6. The van der Waals surface area contributed by atoms with Gasteiger partial charge >= 0.3 is 18.1 Å². The number of hydrogen-bond donors (Lipinski definition) is 9. The van der Waals surface area contributed by atoms with Gasteiger partial charge < -0.3 is 35.8 Å². The van der Waals surface area contributed by atoms with Crippen LogP contribution in [0.3, 0.4) is 0 Å². The summed E-state index contributed by atoms with van der Waals surface area (Å²) in [6.07, 6.45) is 13.3. The van der Waals surface area contributed by atoms with Crippen LogP contribution in [0, 0.1) is 0 Å². The number of carbonyl (C=O) groups excluding carboxylic acids is 3. The van der Waals surface area contributed by atoms with Crippen LogP contribution in [0.5, 0.6) is 0 Å². The summed E-state index contributed by atoms with van der Waals surface area (Å²) in [5.41, 5.74) is 12.2. The third kappa shape index (κ3) is 14.3. The second-order valence-electron chi connectivity index (χ2n) is 21.9. The highest BCUT2D eigenvalue weighted by Gasteiger charge is 2.23. The van der Waals surface area contributed by atoms with E-state index in [1.54, 1.807) is 80.4 Å². The molecule has 1 unspecified atom stereocenters. The molecule has 0 radical (unpaired) electrons. The fourth-order valence-corrected chi connectivity index (χ4v) is 13.5. The Hall–Kier alpha value is -11.0. The van der Waals surface area contributed by atoms with Crippen LogP contribution in [-0.4, -0.2) is 117 Å². The van der Waals surface area contributed by atoms with Crippen molar-refractivity contribution in [2.75, 3.05) is 35.6 Å². The van der Waals surface area contributed by atoms with E-state index in [1.807, 2.05) is 104 Å². The summed E-state index contributed by atoms with van der Waals surface area (Å²) < 4.78 is 4.24. The summed E-state index contributed by atoms with van der Waals surface area (Å²) in [6, 6.07) is 31.0. The molecule has 0 aliphatic rings. The van der Waals surface area contributed by atoms with Crippen molar-refractivity contribution in [3.63, 3.8) is 0 Å². The lowest BCUT2D eigenvalue weighted by Gasteiger charge is -2.11. The van der Waals surface area contributed by atoms with E-state index in [0.29, 0.717) is 85.6 Å². The fraction of sp³-hybridized carbons (Fsp3) is 0.179. The molecule has 3 aromatic carbocycles. The third-order valence-corrected chi connectivity index (χ3v) is 18.2. The number of aromatic nitrogens is 13. The van der Waals surface area contributed by atoms with Crippen LogP contribution < -0.4 is 31.9 Å². The molecule has 13 rings (SSSR count). The van der Waals surface area contributed by atoms with Crippen molar-refractivity contribution < 1.29 is 29.7 Å². The van der Waals surface area contributed by atoms with Gasteiger partial charge in [-0.2, -0.15) is 0 Å². The molecule has 0 bridgehead atoms. The maximum absolute atomic E-state index is 13.4. The first-order valence-corrected chi connectivity index (χ1v) is 32.6. The molecular weight excluding hydrogens is 1260 g/mol. The van der Waals surface area contributed by atoms with Gasteiger partial charge in [-0.1, -0.05) is 58.3 Å². The van der Waals surface area contributed by atoms with Crippen molar-refractivity contribution in [2.45, 2.75) is 51.4 Å². The quantitative estimate of drug-likeness (QED) is 0.0302. The van der Waals surface area contributed by atoms with E-state index in [1.165, 1.54) is 34.0 Å². The Kier molecular flexibility index (Phi) is 18.5. The minimum Gasteiger partial charge on any atom is -0.385 e. The van der Waals surface area contributed by atoms with Gasteiger partial charge in [0.2, 0.25) is 0 Å². The molecule has 0 spiro atoms. The van der Waals surface area contributed by atoms with Gasteiger partial charge in [0, 0.05) is 122 Å². The maximum atomic E-state index is 13.4. The third-order valence-electron chi connectivity index (χ3n) is 15.2. The van der Waals surface area contributed by atoms with E-state index in [-0.39, 0.29) is 31.4 Å². The van der Waals surface area contributed by atoms with Crippen molar-refractivity contribution >= 4 is 98.1 Å². The second-order valence-corrected chi connectivity index (χ2v) is 24.9. The molecule has 28 heteroatoms. The van der Waals surface area contributed by atoms with E-state index >= 15 is 0 Å². The van der Waals surface area contributed by atoms with Gasteiger partial charge in [-0.05, 0) is 122 Å². The summed E-state index contributed by atoms with van der Waals surface area (Å²) >= 11 is 4.00. The number of nitrogens with zero attached hydrogens (tertiary/aromatic N) is 13. The number of urea groups is 3. The van der Waals surface area contributed by atoms with Gasteiger partial charge in [-0.25, -0.2) is 54.3 Å². The highest BCUT2D eigenvalue weighted by molar-refractivity contribution is 7.23. The molecule has 10 heterocycles. The Labute approximate surface area is 554 Å². The molecule has 0 saturated carbocycles. The summed E-state index contributed by atoms with van der Waals surface area (Å²) in [5.74, 6) is 0.923. The summed E-state index contributed by atoms with van der Waals surface area (Å²) in [6.45, 7) is 4.41. The smallest absolute Gasteiger partial charge is 0.321 e. The van der Waals surface area contributed by atoms with Gasteiger partial charge in [-0.3, -0.25) is 35.9 Å². The molecule has 95 heavy (non-hydrogen) atoms. The van der Waals surface area contributed by atoms with E-state index in [0.717, 1.165) is 70.0 Å². The Morgan fingerprint density at radius 2 is 0.958 bits per heavy atom. The molecule has 25 nitrogen and oxygen atoms in total. The number of carbonyl (C=O) groups is 3. The molecular formula is C67H59N19O6S3. The maximum Gasteiger partial charge on any atom is 0.321 e. The number of benzene rings is 3. The topological polar surface area (TPSA) is 344 Å². The molecule has 9 N–H and O–H groups in total. The Bertz CT molecular complexity index is 4900.